The third-order valence-corrected chi connectivity index (χ3v) is 4.58. The summed E-state index contributed by atoms with van der Waals surface area (Å²) < 4.78 is 27.5. The molecule has 0 saturated heterocycles. The second kappa shape index (κ2) is 6.05. The third kappa shape index (κ3) is 2.83. The average Bonchev–Trinajstić information content (AvgIpc) is 2.54. The Balaban J connectivity index is 1.84. The highest BCUT2D eigenvalue weighted by atomic mass is 19.2. The monoisotopic (exact) mass is 302 g/mol. The van der Waals surface area contributed by atoms with E-state index in [0.29, 0.717) is 17.5 Å². The lowest BCUT2D eigenvalue weighted by Crippen LogP contribution is -2.25. The zero-order valence-corrected chi connectivity index (χ0v) is 12.4. The largest absolute Gasteiger partial charge is 0.396 e. The minimum absolute atomic E-state index is 0.170. The summed E-state index contributed by atoms with van der Waals surface area (Å²) in [5.74, 6) is -1.36. The number of hydrogen-bond donors (Lipinski definition) is 2. The average molecular weight is 302 g/mol. The van der Waals surface area contributed by atoms with Crippen molar-refractivity contribution in [2.24, 2.45) is 5.73 Å². The fourth-order valence-corrected chi connectivity index (χ4v) is 3.17. The van der Waals surface area contributed by atoms with Crippen molar-refractivity contribution in [3.05, 3.63) is 53.6 Å². The molecular formula is C18H20F2N2. The first kappa shape index (κ1) is 15.0. The van der Waals surface area contributed by atoms with Gasteiger partial charge < -0.3 is 11.5 Å². The number of hydrogen-bond acceptors (Lipinski definition) is 2. The Labute approximate surface area is 129 Å². The lowest BCUT2D eigenvalue weighted by Gasteiger charge is -2.26. The zero-order valence-electron chi connectivity index (χ0n) is 12.4. The smallest absolute Gasteiger partial charge is 0.182 e. The van der Waals surface area contributed by atoms with E-state index in [1.54, 1.807) is 0 Å². The van der Waals surface area contributed by atoms with Gasteiger partial charge in [-0.05, 0) is 54.9 Å². The standard InChI is InChI=1S/C18H20F2N2/c19-17-15(9-10-16(22)18(17)20)13-3-1-11(2-4-13)12-5-7-14(21)8-6-12/h1-4,9-10,12,14H,5-8,21-22H2. The number of anilines is 1. The summed E-state index contributed by atoms with van der Waals surface area (Å²) in [5, 5.41) is 0. The van der Waals surface area contributed by atoms with E-state index < -0.39 is 11.6 Å². The van der Waals surface area contributed by atoms with Crippen molar-refractivity contribution < 1.29 is 8.78 Å². The Morgan fingerprint density at radius 1 is 0.818 bits per heavy atom. The summed E-state index contributed by atoms with van der Waals surface area (Å²) in [5.41, 5.74) is 13.3. The van der Waals surface area contributed by atoms with Crippen LogP contribution in [-0.4, -0.2) is 6.04 Å². The molecule has 0 heterocycles. The Morgan fingerprint density at radius 2 is 1.45 bits per heavy atom. The molecule has 0 bridgehead atoms. The third-order valence-electron chi connectivity index (χ3n) is 4.58. The topological polar surface area (TPSA) is 52.0 Å². The second-order valence-corrected chi connectivity index (χ2v) is 6.06. The normalized spacial score (nSPS) is 21.8. The Hall–Kier alpha value is -1.94. The van der Waals surface area contributed by atoms with Gasteiger partial charge in [0, 0.05) is 11.6 Å². The predicted molar refractivity (Wildman–Crippen MR) is 85.4 cm³/mol. The molecule has 0 atom stereocenters. The van der Waals surface area contributed by atoms with Crippen molar-refractivity contribution in [1.82, 2.24) is 0 Å². The van der Waals surface area contributed by atoms with E-state index in [2.05, 4.69) is 0 Å². The molecule has 1 aliphatic carbocycles. The molecule has 2 aromatic carbocycles. The van der Waals surface area contributed by atoms with Crippen molar-refractivity contribution in [1.29, 1.82) is 0 Å². The van der Waals surface area contributed by atoms with Gasteiger partial charge >= 0.3 is 0 Å². The van der Waals surface area contributed by atoms with Crippen LogP contribution in [0.4, 0.5) is 14.5 Å². The van der Waals surface area contributed by atoms with Crippen LogP contribution < -0.4 is 11.5 Å². The van der Waals surface area contributed by atoms with Crippen molar-refractivity contribution >= 4 is 5.69 Å². The molecule has 0 aromatic heterocycles. The number of benzene rings is 2. The van der Waals surface area contributed by atoms with E-state index in [0.717, 1.165) is 25.7 Å². The highest BCUT2D eigenvalue weighted by molar-refractivity contribution is 5.67. The van der Waals surface area contributed by atoms with Gasteiger partial charge in [0.25, 0.3) is 0 Å². The maximum Gasteiger partial charge on any atom is 0.182 e. The lowest BCUT2D eigenvalue weighted by atomic mass is 9.82. The Morgan fingerprint density at radius 3 is 2.09 bits per heavy atom. The van der Waals surface area contributed by atoms with E-state index >= 15 is 0 Å². The van der Waals surface area contributed by atoms with Gasteiger partial charge in [-0.15, -0.1) is 0 Å². The summed E-state index contributed by atoms with van der Waals surface area (Å²) in [6.45, 7) is 0. The quantitative estimate of drug-likeness (QED) is 0.817. The van der Waals surface area contributed by atoms with Gasteiger partial charge in [0.2, 0.25) is 0 Å². The van der Waals surface area contributed by atoms with Crippen LogP contribution in [0.3, 0.4) is 0 Å². The SMILES string of the molecule is Nc1ccc(-c2ccc(C3CCC(N)CC3)cc2)c(F)c1F. The molecule has 0 spiro atoms. The molecule has 4 heteroatoms. The van der Waals surface area contributed by atoms with Crippen LogP contribution in [0.1, 0.15) is 37.2 Å². The second-order valence-electron chi connectivity index (χ2n) is 6.06. The summed E-state index contributed by atoms with van der Waals surface area (Å²) in [6, 6.07) is 10.9. The first-order chi connectivity index (χ1) is 10.6. The van der Waals surface area contributed by atoms with E-state index in [9.17, 15) is 8.78 Å². The zero-order chi connectivity index (χ0) is 15.7. The first-order valence-corrected chi connectivity index (χ1v) is 7.65. The van der Waals surface area contributed by atoms with E-state index in [1.807, 2.05) is 24.3 Å². The van der Waals surface area contributed by atoms with Gasteiger partial charge in [-0.2, -0.15) is 0 Å². The molecule has 116 valence electrons. The van der Waals surface area contributed by atoms with Gasteiger partial charge in [0.15, 0.2) is 11.6 Å². The Kier molecular flexibility index (Phi) is 4.12. The van der Waals surface area contributed by atoms with Crippen LogP contribution in [-0.2, 0) is 0 Å². The van der Waals surface area contributed by atoms with E-state index in [1.165, 1.54) is 17.7 Å². The van der Waals surface area contributed by atoms with E-state index in [-0.39, 0.29) is 11.3 Å². The molecule has 4 N–H and O–H groups in total. The molecular weight excluding hydrogens is 282 g/mol. The first-order valence-electron chi connectivity index (χ1n) is 7.65. The Bertz CT molecular complexity index is 660. The van der Waals surface area contributed by atoms with Crippen LogP contribution in [0.15, 0.2) is 36.4 Å². The molecule has 22 heavy (non-hydrogen) atoms. The minimum Gasteiger partial charge on any atom is -0.396 e. The van der Waals surface area contributed by atoms with Gasteiger partial charge in [-0.25, -0.2) is 8.78 Å². The van der Waals surface area contributed by atoms with Crippen LogP contribution in [0, 0.1) is 11.6 Å². The molecule has 0 unspecified atom stereocenters. The lowest BCUT2D eigenvalue weighted by molar-refractivity contribution is 0.395. The molecule has 1 fully saturated rings. The number of nitrogens with two attached hydrogens (primary N) is 2. The van der Waals surface area contributed by atoms with Crippen LogP contribution >= 0.6 is 0 Å². The fourth-order valence-electron chi connectivity index (χ4n) is 3.17. The van der Waals surface area contributed by atoms with Gasteiger partial charge in [-0.1, -0.05) is 24.3 Å². The summed E-state index contributed by atoms with van der Waals surface area (Å²) >= 11 is 0. The van der Waals surface area contributed by atoms with Gasteiger partial charge in [0.1, 0.15) is 0 Å². The summed E-state index contributed by atoms with van der Waals surface area (Å²) in [6.07, 6.45) is 4.27. The van der Waals surface area contributed by atoms with Crippen molar-refractivity contribution in [2.45, 2.75) is 37.6 Å². The maximum atomic E-state index is 14.0. The molecule has 2 nitrogen and oxygen atoms in total. The fraction of sp³-hybridized carbons (Fsp3) is 0.333. The number of halogens is 2. The molecule has 0 aliphatic heterocycles. The van der Waals surface area contributed by atoms with Gasteiger partial charge in [-0.3, -0.25) is 0 Å². The number of rotatable bonds is 2. The number of nitrogen functional groups attached to an aromatic ring is 1. The predicted octanol–water partition coefficient (Wildman–Crippen LogP) is 4.20. The minimum atomic E-state index is -0.983. The van der Waals surface area contributed by atoms with E-state index in [4.69, 9.17) is 11.5 Å². The van der Waals surface area contributed by atoms with Crippen molar-refractivity contribution in [3.63, 3.8) is 0 Å². The molecule has 0 amide bonds. The highest BCUT2D eigenvalue weighted by Gasteiger charge is 2.20. The molecule has 3 rings (SSSR count). The van der Waals surface area contributed by atoms with Crippen LogP contribution in [0.5, 0.6) is 0 Å². The van der Waals surface area contributed by atoms with Crippen LogP contribution in [0.25, 0.3) is 11.1 Å². The highest BCUT2D eigenvalue weighted by Crippen LogP contribution is 2.34. The molecule has 0 radical (unpaired) electrons. The molecule has 2 aromatic rings. The van der Waals surface area contributed by atoms with Gasteiger partial charge in [0.05, 0.1) is 5.69 Å². The summed E-state index contributed by atoms with van der Waals surface area (Å²) in [7, 11) is 0. The maximum absolute atomic E-state index is 14.0. The molecule has 1 aliphatic rings. The van der Waals surface area contributed by atoms with Crippen molar-refractivity contribution in [3.8, 4) is 11.1 Å². The van der Waals surface area contributed by atoms with Crippen molar-refractivity contribution in [2.75, 3.05) is 5.73 Å². The summed E-state index contributed by atoms with van der Waals surface area (Å²) in [4.78, 5) is 0. The van der Waals surface area contributed by atoms with Crippen LogP contribution in [0.2, 0.25) is 0 Å². The molecule has 1 saturated carbocycles.